The van der Waals surface area contributed by atoms with Crippen LogP contribution in [0.15, 0.2) is 16.5 Å². The molecule has 22 heavy (non-hydrogen) atoms. The third-order valence-electron chi connectivity index (χ3n) is 4.96. The fourth-order valence-electron chi connectivity index (χ4n) is 3.70. The Balaban J connectivity index is 1.60. The van der Waals surface area contributed by atoms with E-state index in [9.17, 15) is 5.11 Å². The van der Waals surface area contributed by atoms with Crippen LogP contribution < -0.4 is 0 Å². The Morgan fingerprint density at radius 3 is 2.77 bits per heavy atom. The Morgan fingerprint density at radius 2 is 2.09 bits per heavy atom. The highest BCUT2D eigenvalue weighted by Gasteiger charge is 2.31. The highest BCUT2D eigenvalue weighted by molar-refractivity contribution is 7.99. The number of hydrogen-bond acceptors (Lipinski definition) is 5. The van der Waals surface area contributed by atoms with Gasteiger partial charge in [0.05, 0.1) is 6.54 Å². The predicted molar refractivity (Wildman–Crippen MR) is 91.3 cm³/mol. The van der Waals surface area contributed by atoms with Gasteiger partial charge in [0.1, 0.15) is 11.5 Å². The predicted octanol–water partition coefficient (Wildman–Crippen LogP) is 2.35. The number of nitrogens with zero attached hydrogens (tertiary/aromatic N) is 2. The lowest BCUT2D eigenvalue weighted by Crippen LogP contribution is -2.56. The number of furan rings is 1. The molecule has 0 radical (unpaired) electrons. The van der Waals surface area contributed by atoms with Gasteiger partial charge in [-0.15, -0.1) is 0 Å². The third kappa shape index (κ3) is 4.07. The number of piperazine rings is 1. The quantitative estimate of drug-likeness (QED) is 0.900. The molecule has 3 heterocycles. The zero-order valence-corrected chi connectivity index (χ0v) is 14.4. The summed E-state index contributed by atoms with van der Waals surface area (Å²) in [6.45, 7) is 6.45. The summed E-state index contributed by atoms with van der Waals surface area (Å²) in [4.78, 5) is 5.16. The van der Waals surface area contributed by atoms with E-state index in [0.29, 0.717) is 6.04 Å². The van der Waals surface area contributed by atoms with E-state index in [1.807, 2.05) is 13.0 Å². The zero-order valence-electron chi connectivity index (χ0n) is 13.5. The molecule has 0 aromatic carbocycles. The fraction of sp³-hybridized carbons (Fsp3) is 0.765. The van der Waals surface area contributed by atoms with Crippen molar-refractivity contribution in [3.05, 3.63) is 23.7 Å². The monoisotopic (exact) mass is 324 g/mol. The summed E-state index contributed by atoms with van der Waals surface area (Å²) >= 11 is 2.09. The second-order valence-corrected chi connectivity index (χ2v) is 7.71. The van der Waals surface area contributed by atoms with Gasteiger partial charge in [-0.05, 0) is 49.8 Å². The van der Waals surface area contributed by atoms with Crippen molar-refractivity contribution in [2.24, 2.45) is 0 Å². The van der Waals surface area contributed by atoms with Crippen molar-refractivity contribution in [2.75, 3.05) is 37.7 Å². The minimum absolute atomic E-state index is 0.271. The van der Waals surface area contributed by atoms with Crippen LogP contribution in [0.2, 0.25) is 0 Å². The average Bonchev–Trinajstić information content (AvgIpc) is 2.95. The first-order chi connectivity index (χ1) is 10.8. The standard InChI is InChI=1S/C17H28N2O2S/c1-14-2-3-17(21-14)13-19-8-7-18(12-16(19)4-9-20)15-5-10-22-11-6-15/h2-3,15-16,20H,4-13H2,1H3/t16-/m0/s1. The van der Waals surface area contributed by atoms with Crippen LogP contribution in [0, 0.1) is 6.92 Å². The molecule has 2 fully saturated rings. The number of rotatable bonds is 5. The van der Waals surface area contributed by atoms with Crippen molar-refractivity contribution in [1.82, 2.24) is 9.80 Å². The maximum Gasteiger partial charge on any atom is 0.118 e. The molecule has 0 spiro atoms. The molecular formula is C17H28N2O2S. The van der Waals surface area contributed by atoms with Gasteiger partial charge in [-0.1, -0.05) is 0 Å². The number of aliphatic hydroxyl groups is 1. The van der Waals surface area contributed by atoms with Crippen molar-refractivity contribution < 1.29 is 9.52 Å². The summed E-state index contributed by atoms with van der Waals surface area (Å²) in [6.07, 6.45) is 3.51. The summed E-state index contributed by atoms with van der Waals surface area (Å²) in [6, 6.07) is 5.32. The van der Waals surface area contributed by atoms with Crippen LogP contribution in [0.4, 0.5) is 0 Å². The zero-order chi connectivity index (χ0) is 15.4. The highest BCUT2D eigenvalue weighted by Crippen LogP contribution is 2.25. The van der Waals surface area contributed by atoms with Gasteiger partial charge in [-0.2, -0.15) is 11.8 Å². The Kier molecular flexibility index (Phi) is 5.85. The van der Waals surface area contributed by atoms with Gasteiger partial charge in [-0.25, -0.2) is 0 Å². The SMILES string of the molecule is Cc1ccc(CN2CCN(C3CCSCC3)C[C@@H]2CCO)o1. The van der Waals surface area contributed by atoms with E-state index in [0.717, 1.165) is 50.2 Å². The molecule has 0 saturated carbocycles. The van der Waals surface area contributed by atoms with Gasteiger partial charge in [0.15, 0.2) is 0 Å². The lowest BCUT2D eigenvalue weighted by Gasteiger charge is -2.45. The smallest absolute Gasteiger partial charge is 0.118 e. The van der Waals surface area contributed by atoms with Crippen LogP contribution >= 0.6 is 11.8 Å². The number of aryl methyl sites for hydroxylation is 1. The number of hydrogen-bond donors (Lipinski definition) is 1. The lowest BCUT2D eigenvalue weighted by molar-refractivity contribution is 0.0257. The van der Waals surface area contributed by atoms with Crippen LogP contribution in [-0.2, 0) is 6.54 Å². The summed E-state index contributed by atoms with van der Waals surface area (Å²) < 4.78 is 5.74. The maximum atomic E-state index is 9.43. The van der Waals surface area contributed by atoms with Crippen LogP contribution in [0.1, 0.15) is 30.8 Å². The van der Waals surface area contributed by atoms with Crippen molar-refractivity contribution in [1.29, 1.82) is 0 Å². The van der Waals surface area contributed by atoms with Crippen molar-refractivity contribution in [3.8, 4) is 0 Å². The molecule has 1 aromatic rings. The molecule has 1 aromatic heterocycles. The molecular weight excluding hydrogens is 296 g/mol. The molecule has 2 aliphatic heterocycles. The Hall–Kier alpha value is -0.490. The average molecular weight is 324 g/mol. The third-order valence-corrected chi connectivity index (χ3v) is 6.01. The van der Waals surface area contributed by atoms with E-state index in [1.165, 1.54) is 24.3 Å². The van der Waals surface area contributed by atoms with Crippen LogP contribution in [-0.4, -0.2) is 64.7 Å². The van der Waals surface area contributed by atoms with Crippen molar-refractivity contribution >= 4 is 11.8 Å². The second kappa shape index (κ2) is 7.86. The Bertz CT molecular complexity index is 459. The molecule has 2 aliphatic rings. The molecule has 5 heteroatoms. The van der Waals surface area contributed by atoms with E-state index in [2.05, 4.69) is 27.6 Å². The molecule has 124 valence electrons. The molecule has 0 unspecified atom stereocenters. The maximum absolute atomic E-state index is 9.43. The van der Waals surface area contributed by atoms with Gasteiger partial charge >= 0.3 is 0 Å². The fourth-order valence-corrected chi connectivity index (χ4v) is 4.78. The molecule has 2 saturated heterocycles. The summed E-state index contributed by atoms with van der Waals surface area (Å²) in [5.41, 5.74) is 0. The van der Waals surface area contributed by atoms with Gasteiger partial charge in [-0.3, -0.25) is 9.80 Å². The minimum Gasteiger partial charge on any atom is -0.465 e. The first kappa shape index (κ1) is 16.4. The topological polar surface area (TPSA) is 39.9 Å². The highest BCUT2D eigenvalue weighted by atomic mass is 32.2. The van der Waals surface area contributed by atoms with Crippen LogP contribution in [0.5, 0.6) is 0 Å². The second-order valence-electron chi connectivity index (χ2n) is 6.49. The van der Waals surface area contributed by atoms with Crippen LogP contribution in [0.3, 0.4) is 0 Å². The number of thioether (sulfide) groups is 1. The van der Waals surface area contributed by atoms with E-state index in [-0.39, 0.29) is 6.61 Å². The van der Waals surface area contributed by atoms with Crippen LogP contribution in [0.25, 0.3) is 0 Å². The molecule has 0 aliphatic carbocycles. The Labute approximate surface area is 137 Å². The summed E-state index contributed by atoms with van der Waals surface area (Å²) in [5.74, 6) is 4.64. The number of aliphatic hydroxyl groups excluding tert-OH is 1. The first-order valence-corrected chi connectivity index (χ1v) is 9.64. The first-order valence-electron chi connectivity index (χ1n) is 8.48. The van der Waals surface area contributed by atoms with Gasteiger partial charge < -0.3 is 9.52 Å². The van der Waals surface area contributed by atoms with E-state index in [1.54, 1.807) is 0 Å². The molecule has 4 nitrogen and oxygen atoms in total. The summed E-state index contributed by atoms with van der Waals surface area (Å²) in [5, 5.41) is 9.43. The molecule has 0 amide bonds. The largest absolute Gasteiger partial charge is 0.465 e. The molecule has 3 rings (SSSR count). The normalized spacial score (nSPS) is 25.6. The van der Waals surface area contributed by atoms with E-state index < -0.39 is 0 Å². The van der Waals surface area contributed by atoms with E-state index >= 15 is 0 Å². The van der Waals surface area contributed by atoms with Gasteiger partial charge in [0, 0.05) is 38.3 Å². The van der Waals surface area contributed by atoms with Gasteiger partial charge in [0.25, 0.3) is 0 Å². The van der Waals surface area contributed by atoms with Gasteiger partial charge in [0.2, 0.25) is 0 Å². The molecule has 0 bridgehead atoms. The molecule has 1 N–H and O–H groups in total. The van der Waals surface area contributed by atoms with E-state index in [4.69, 9.17) is 4.42 Å². The van der Waals surface area contributed by atoms with Crippen molar-refractivity contribution in [3.63, 3.8) is 0 Å². The molecule has 1 atom stereocenters. The van der Waals surface area contributed by atoms with Crippen molar-refractivity contribution in [2.45, 2.75) is 44.8 Å². The summed E-state index contributed by atoms with van der Waals surface area (Å²) in [7, 11) is 0. The minimum atomic E-state index is 0.271. The Morgan fingerprint density at radius 1 is 1.27 bits per heavy atom. The lowest BCUT2D eigenvalue weighted by atomic mass is 10.0.